The average Bonchev–Trinajstić information content (AvgIpc) is 3.11. The second-order valence-corrected chi connectivity index (χ2v) is 7.64. The van der Waals surface area contributed by atoms with Crippen LogP contribution in [0.4, 0.5) is 11.4 Å². The lowest BCUT2D eigenvalue weighted by Crippen LogP contribution is -2.14. The Kier molecular flexibility index (Phi) is 6.12. The highest BCUT2D eigenvalue weighted by Crippen LogP contribution is 2.18. The maximum absolute atomic E-state index is 12.8. The molecular weight excluding hydrogens is 400 g/mol. The molecule has 0 unspecified atom stereocenters. The van der Waals surface area contributed by atoms with Crippen molar-refractivity contribution in [2.24, 2.45) is 0 Å². The third-order valence-electron chi connectivity index (χ3n) is 5.04. The van der Waals surface area contributed by atoms with Crippen LogP contribution < -0.4 is 10.6 Å². The fraction of sp³-hybridized carbons (Fsp3) is 0.115. The van der Waals surface area contributed by atoms with Gasteiger partial charge >= 0.3 is 0 Å². The van der Waals surface area contributed by atoms with E-state index in [9.17, 15) is 9.59 Å². The number of aryl methyl sites for hydroxylation is 2. The van der Waals surface area contributed by atoms with Crippen LogP contribution in [0, 0.1) is 13.8 Å². The Labute approximate surface area is 186 Å². The molecule has 3 aromatic carbocycles. The Balaban J connectivity index is 1.44. The van der Waals surface area contributed by atoms with Crippen molar-refractivity contribution in [1.82, 2.24) is 9.78 Å². The Hall–Kier alpha value is -4.19. The predicted octanol–water partition coefficient (Wildman–Crippen LogP) is 5.05. The highest BCUT2D eigenvalue weighted by Gasteiger charge is 2.10. The van der Waals surface area contributed by atoms with Crippen LogP contribution in [0.15, 0.2) is 84.9 Å². The van der Waals surface area contributed by atoms with E-state index in [0.717, 1.165) is 17.0 Å². The molecule has 1 heterocycles. The highest BCUT2D eigenvalue weighted by molar-refractivity contribution is 6.06. The van der Waals surface area contributed by atoms with Gasteiger partial charge in [-0.15, -0.1) is 0 Å². The molecule has 4 aromatic rings. The zero-order valence-corrected chi connectivity index (χ0v) is 18.0. The predicted molar refractivity (Wildman–Crippen MR) is 126 cm³/mol. The summed E-state index contributed by atoms with van der Waals surface area (Å²) in [5.41, 5.74) is 5.37. The second kappa shape index (κ2) is 9.31. The maximum Gasteiger partial charge on any atom is 0.255 e. The van der Waals surface area contributed by atoms with Crippen molar-refractivity contribution < 1.29 is 9.59 Å². The molecule has 0 aliphatic heterocycles. The van der Waals surface area contributed by atoms with Gasteiger partial charge in [-0.25, -0.2) is 0 Å². The van der Waals surface area contributed by atoms with Crippen molar-refractivity contribution in [3.8, 4) is 0 Å². The van der Waals surface area contributed by atoms with E-state index in [2.05, 4.69) is 15.7 Å². The van der Waals surface area contributed by atoms with Crippen molar-refractivity contribution in [2.75, 3.05) is 10.6 Å². The summed E-state index contributed by atoms with van der Waals surface area (Å²) >= 11 is 0. The van der Waals surface area contributed by atoms with E-state index in [1.54, 1.807) is 42.5 Å². The number of carbonyl (C=O) groups excluding carboxylic acids is 2. The molecule has 0 saturated heterocycles. The first-order valence-corrected chi connectivity index (χ1v) is 10.4. The van der Waals surface area contributed by atoms with Crippen molar-refractivity contribution >= 4 is 23.2 Å². The van der Waals surface area contributed by atoms with Crippen LogP contribution in [0.1, 0.15) is 37.7 Å². The summed E-state index contributed by atoms with van der Waals surface area (Å²) in [6.07, 6.45) is 0. The van der Waals surface area contributed by atoms with E-state index >= 15 is 0 Å². The topological polar surface area (TPSA) is 76.0 Å². The molecule has 0 bridgehead atoms. The minimum Gasteiger partial charge on any atom is -0.322 e. The van der Waals surface area contributed by atoms with Crippen LogP contribution >= 0.6 is 0 Å². The summed E-state index contributed by atoms with van der Waals surface area (Å²) in [5, 5.41) is 10.2. The summed E-state index contributed by atoms with van der Waals surface area (Å²) < 4.78 is 1.92. The lowest BCUT2D eigenvalue weighted by Gasteiger charge is -2.10. The number of nitrogens with one attached hydrogen (secondary N) is 2. The van der Waals surface area contributed by atoms with Gasteiger partial charge < -0.3 is 10.6 Å². The number of amides is 2. The first kappa shape index (κ1) is 21.1. The smallest absolute Gasteiger partial charge is 0.255 e. The summed E-state index contributed by atoms with van der Waals surface area (Å²) in [7, 11) is 0. The minimum absolute atomic E-state index is 0.203. The number of aromatic nitrogens is 2. The van der Waals surface area contributed by atoms with Crippen LogP contribution in [0.25, 0.3) is 0 Å². The Bertz CT molecular complexity index is 1260. The Morgan fingerprint density at radius 2 is 1.38 bits per heavy atom. The summed E-state index contributed by atoms with van der Waals surface area (Å²) in [6.45, 7) is 4.58. The van der Waals surface area contributed by atoms with Gasteiger partial charge in [0.15, 0.2) is 0 Å². The van der Waals surface area contributed by atoms with Gasteiger partial charge in [0, 0.05) is 28.2 Å². The van der Waals surface area contributed by atoms with Gasteiger partial charge in [-0.2, -0.15) is 5.10 Å². The summed E-state index contributed by atoms with van der Waals surface area (Å²) in [6, 6.07) is 25.6. The molecule has 0 aliphatic carbocycles. The van der Waals surface area contributed by atoms with Gasteiger partial charge in [0.1, 0.15) is 0 Å². The zero-order valence-electron chi connectivity index (χ0n) is 18.0. The SMILES string of the molecule is Cc1cc(C)n(Cc2cccc(C(=O)Nc3cccc(NC(=O)c4ccccc4)c3)c2)n1. The first-order chi connectivity index (χ1) is 15.5. The molecule has 0 spiro atoms. The molecule has 6 nitrogen and oxygen atoms in total. The molecular formula is C26H24N4O2. The fourth-order valence-electron chi connectivity index (χ4n) is 3.49. The quantitative estimate of drug-likeness (QED) is 0.455. The van der Waals surface area contributed by atoms with Gasteiger partial charge in [0.05, 0.1) is 12.2 Å². The molecule has 160 valence electrons. The number of hydrogen-bond acceptors (Lipinski definition) is 3. The number of nitrogens with zero attached hydrogens (tertiary/aromatic N) is 2. The van der Waals surface area contributed by atoms with Gasteiger partial charge in [0.2, 0.25) is 0 Å². The van der Waals surface area contributed by atoms with Crippen LogP contribution in [0.5, 0.6) is 0 Å². The van der Waals surface area contributed by atoms with Crippen molar-refractivity contribution in [3.05, 3.63) is 113 Å². The maximum atomic E-state index is 12.8. The molecule has 0 radical (unpaired) electrons. The third-order valence-corrected chi connectivity index (χ3v) is 5.04. The van der Waals surface area contributed by atoms with Crippen molar-refractivity contribution in [2.45, 2.75) is 20.4 Å². The van der Waals surface area contributed by atoms with Crippen LogP contribution in [0.2, 0.25) is 0 Å². The van der Waals surface area contributed by atoms with Gasteiger partial charge in [-0.1, -0.05) is 36.4 Å². The standard InChI is InChI=1S/C26H24N4O2/c1-18-14-19(2)30(29-18)17-20-8-6-11-22(15-20)26(32)28-24-13-7-12-23(16-24)27-25(31)21-9-4-3-5-10-21/h3-16H,17H2,1-2H3,(H,27,31)(H,28,32). The van der Waals surface area contributed by atoms with E-state index < -0.39 is 0 Å². The van der Waals surface area contributed by atoms with Crippen molar-refractivity contribution in [1.29, 1.82) is 0 Å². The molecule has 2 N–H and O–H groups in total. The number of anilines is 2. The molecule has 32 heavy (non-hydrogen) atoms. The molecule has 0 aliphatic rings. The zero-order chi connectivity index (χ0) is 22.5. The molecule has 4 rings (SSSR count). The molecule has 6 heteroatoms. The lowest BCUT2D eigenvalue weighted by molar-refractivity contribution is 0.101. The molecule has 1 aromatic heterocycles. The highest BCUT2D eigenvalue weighted by atomic mass is 16.2. The lowest BCUT2D eigenvalue weighted by atomic mass is 10.1. The largest absolute Gasteiger partial charge is 0.322 e. The second-order valence-electron chi connectivity index (χ2n) is 7.64. The van der Waals surface area contributed by atoms with Gasteiger partial charge in [0.25, 0.3) is 11.8 Å². The number of rotatable bonds is 6. The number of benzene rings is 3. The number of carbonyl (C=O) groups is 2. The Morgan fingerprint density at radius 1 is 0.750 bits per heavy atom. The molecule has 0 saturated carbocycles. The fourth-order valence-corrected chi connectivity index (χ4v) is 3.49. The third kappa shape index (κ3) is 5.10. The van der Waals surface area contributed by atoms with E-state index in [4.69, 9.17) is 0 Å². The van der Waals surface area contributed by atoms with E-state index in [1.165, 1.54) is 0 Å². The first-order valence-electron chi connectivity index (χ1n) is 10.4. The van der Waals surface area contributed by atoms with E-state index in [-0.39, 0.29) is 11.8 Å². The van der Waals surface area contributed by atoms with Gasteiger partial charge in [-0.3, -0.25) is 14.3 Å². The van der Waals surface area contributed by atoms with Crippen LogP contribution in [-0.2, 0) is 6.54 Å². The van der Waals surface area contributed by atoms with Crippen LogP contribution in [0.3, 0.4) is 0 Å². The Morgan fingerprint density at radius 3 is 2.03 bits per heavy atom. The van der Waals surface area contributed by atoms with Crippen LogP contribution in [-0.4, -0.2) is 21.6 Å². The summed E-state index contributed by atoms with van der Waals surface area (Å²) in [4.78, 5) is 25.2. The molecule has 2 amide bonds. The van der Waals surface area contributed by atoms with Gasteiger partial charge in [-0.05, 0) is 67.9 Å². The minimum atomic E-state index is -0.216. The van der Waals surface area contributed by atoms with E-state index in [0.29, 0.717) is 29.0 Å². The number of hydrogen-bond donors (Lipinski definition) is 2. The average molecular weight is 425 g/mol. The molecule has 0 atom stereocenters. The monoisotopic (exact) mass is 424 g/mol. The van der Waals surface area contributed by atoms with E-state index in [1.807, 2.05) is 61.0 Å². The molecule has 0 fully saturated rings. The van der Waals surface area contributed by atoms with Crippen molar-refractivity contribution in [3.63, 3.8) is 0 Å². The normalized spacial score (nSPS) is 10.6. The summed E-state index contributed by atoms with van der Waals surface area (Å²) in [5.74, 6) is -0.419.